The summed E-state index contributed by atoms with van der Waals surface area (Å²) in [4.78, 5) is 6.17. The topological polar surface area (TPSA) is 35.8 Å². The quantitative estimate of drug-likeness (QED) is 0.690. The molecule has 0 spiro atoms. The van der Waals surface area contributed by atoms with Crippen LogP contribution in [0.25, 0.3) is 0 Å². The summed E-state index contributed by atoms with van der Waals surface area (Å²) in [5.74, 6) is 0. The number of hydrogen-bond acceptors (Lipinski definition) is 4. The van der Waals surface area contributed by atoms with E-state index in [1.54, 1.807) is 11.0 Å². The second-order valence-corrected chi connectivity index (χ2v) is 7.92. The Morgan fingerprint density at radius 1 is 1.14 bits per heavy atom. The Balaban J connectivity index is 0.00000225. The highest BCUT2D eigenvalue weighted by molar-refractivity contribution is 8.93. The number of aryl methyl sites for hydroxylation is 1. The maximum Gasteiger partial charge on any atom is 0.416 e. The normalized spacial score (nSPS) is 23.9. The number of fused-ring (bicyclic) bond motifs is 1. The molecule has 0 saturated carbocycles. The van der Waals surface area contributed by atoms with Crippen molar-refractivity contribution in [3.8, 4) is 0 Å². The number of hydrogen-bond donors (Lipinski definition) is 1. The van der Waals surface area contributed by atoms with Gasteiger partial charge in [0, 0.05) is 12.1 Å². The number of nitrogens with zero attached hydrogens (tertiary/aromatic N) is 2. The van der Waals surface area contributed by atoms with Gasteiger partial charge in [-0.3, -0.25) is 4.99 Å². The number of benzene rings is 2. The summed E-state index contributed by atoms with van der Waals surface area (Å²) >= 11 is 1.46. The zero-order valence-corrected chi connectivity index (χ0v) is 17.4. The van der Waals surface area contributed by atoms with Crippen molar-refractivity contribution in [2.24, 2.45) is 4.99 Å². The lowest BCUT2D eigenvalue weighted by atomic mass is 9.92. The molecule has 1 saturated heterocycles. The number of halogens is 4. The molecular formula is C20H20BrF3N2OS. The van der Waals surface area contributed by atoms with Gasteiger partial charge < -0.3 is 10.0 Å². The summed E-state index contributed by atoms with van der Waals surface area (Å²) in [7, 11) is 0. The molecule has 2 aromatic rings. The first-order valence-electron chi connectivity index (χ1n) is 8.82. The Hall–Kier alpha value is -1.51. The molecule has 8 heteroatoms. The van der Waals surface area contributed by atoms with E-state index in [1.807, 2.05) is 30.3 Å². The summed E-state index contributed by atoms with van der Waals surface area (Å²) < 4.78 is 39.6. The van der Waals surface area contributed by atoms with Crippen LogP contribution in [0, 0.1) is 0 Å². The third-order valence-corrected chi connectivity index (χ3v) is 6.47. The van der Waals surface area contributed by atoms with Gasteiger partial charge in [-0.1, -0.05) is 54.2 Å². The van der Waals surface area contributed by atoms with Gasteiger partial charge in [-0.15, -0.1) is 17.0 Å². The predicted molar refractivity (Wildman–Crippen MR) is 111 cm³/mol. The second kappa shape index (κ2) is 8.08. The van der Waals surface area contributed by atoms with Gasteiger partial charge in [0.2, 0.25) is 0 Å². The molecule has 2 atom stereocenters. The van der Waals surface area contributed by atoms with E-state index >= 15 is 0 Å². The van der Waals surface area contributed by atoms with Crippen molar-refractivity contribution in [3.05, 3.63) is 71.3 Å². The highest BCUT2D eigenvalue weighted by atomic mass is 79.9. The Kier molecular flexibility index (Phi) is 6.12. The summed E-state index contributed by atoms with van der Waals surface area (Å²) in [6, 6.07) is 14.9. The highest BCUT2D eigenvalue weighted by Gasteiger charge is 2.53. The molecule has 0 radical (unpaired) electrons. The standard InChI is InChI=1S/C20H19F3N2OS.BrH/c21-20(22,23)16-8-4-7-15(13-16)19(26)17(27-18-24-11-12-25(18)19)10-9-14-5-2-1-3-6-14;/h1-8,13,17,26H,9-12H2;1H. The second-order valence-electron chi connectivity index (χ2n) is 6.75. The Labute approximate surface area is 176 Å². The van der Waals surface area contributed by atoms with E-state index in [9.17, 15) is 18.3 Å². The number of thioether (sulfide) groups is 1. The minimum absolute atomic E-state index is 0. The number of aliphatic hydroxyl groups is 1. The smallest absolute Gasteiger partial charge is 0.366 e. The van der Waals surface area contributed by atoms with Gasteiger partial charge in [0.15, 0.2) is 10.9 Å². The van der Waals surface area contributed by atoms with Gasteiger partial charge in [0.1, 0.15) is 0 Å². The molecule has 2 aliphatic rings. The van der Waals surface area contributed by atoms with Crippen LogP contribution in [0.15, 0.2) is 59.6 Å². The fraction of sp³-hybridized carbons (Fsp3) is 0.350. The fourth-order valence-corrected chi connectivity index (χ4v) is 5.14. The van der Waals surface area contributed by atoms with Crippen molar-refractivity contribution in [2.75, 3.05) is 13.1 Å². The van der Waals surface area contributed by atoms with Crippen LogP contribution in [-0.2, 0) is 18.3 Å². The maximum absolute atomic E-state index is 13.2. The Bertz CT molecular complexity index is 862. The van der Waals surface area contributed by atoms with Crippen molar-refractivity contribution in [1.82, 2.24) is 4.90 Å². The number of amidine groups is 1. The largest absolute Gasteiger partial charge is 0.416 e. The van der Waals surface area contributed by atoms with Gasteiger partial charge in [0.25, 0.3) is 0 Å². The minimum Gasteiger partial charge on any atom is -0.366 e. The molecule has 0 bridgehead atoms. The molecule has 1 fully saturated rings. The molecule has 1 N–H and O–H groups in total. The van der Waals surface area contributed by atoms with E-state index in [0.29, 0.717) is 24.7 Å². The first-order valence-corrected chi connectivity index (χ1v) is 9.70. The first kappa shape index (κ1) is 21.2. The molecule has 0 aliphatic carbocycles. The lowest BCUT2D eigenvalue weighted by Crippen LogP contribution is -2.48. The average molecular weight is 473 g/mol. The molecule has 0 amide bonds. The van der Waals surface area contributed by atoms with Gasteiger partial charge in [-0.25, -0.2) is 0 Å². The molecule has 2 unspecified atom stereocenters. The molecule has 2 aromatic carbocycles. The zero-order valence-electron chi connectivity index (χ0n) is 14.9. The Morgan fingerprint density at radius 3 is 2.61 bits per heavy atom. The van der Waals surface area contributed by atoms with Gasteiger partial charge in [0.05, 0.1) is 17.4 Å². The molecule has 2 heterocycles. The molecule has 0 aromatic heterocycles. The van der Waals surface area contributed by atoms with Crippen molar-refractivity contribution < 1.29 is 18.3 Å². The van der Waals surface area contributed by atoms with Crippen LogP contribution in [0.1, 0.15) is 23.1 Å². The van der Waals surface area contributed by atoms with E-state index < -0.39 is 17.5 Å². The fourth-order valence-electron chi connectivity index (χ4n) is 3.70. The summed E-state index contributed by atoms with van der Waals surface area (Å²) in [5.41, 5.74) is -0.825. The lowest BCUT2D eigenvalue weighted by Gasteiger charge is -2.36. The number of alkyl halides is 3. The molecule has 3 nitrogen and oxygen atoms in total. The summed E-state index contributed by atoms with van der Waals surface area (Å²) in [5, 5.41) is 12.0. The molecular weight excluding hydrogens is 453 g/mol. The van der Waals surface area contributed by atoms with Crippen LogP contribution in [0.4, 0.5) is 13.2 Å². The molecule has 28 heavy (non-hydrogen) atoms. The van der Waals surface area contributed by atoms with E-state index in [1.165, 1.54) is 17.8 Å². The third-order valence-electron chi connectivity index (χ3n) is 5.06. The molecule has 2 aliphatic heterocycles. The maximum atomic E-state index is 13.2. The van der Waals surface area contributed by atoms with E-state index in [0.717, 1.165) is 24.1 Å². The molecule has 150 valence electrons. The van der Waals surface area contributed by atoms with Crippen molar-refractivity contribution in [1.29, 1.82) is 0 Å². The monoisotopic (exact) mass is 472 g/mol. The summed E-state index contributed by atoms with van der Waals surface area (Å²) in [6.45, 7) is 1.06. The SMILES string of the molecule is Br.OC1(c2cccc(C(F)(F)F)c2)C(CCc2ccccc2)SC2=NCCN21. The van der Waals surface area contributed by atoms with Crippen LogP contribution in [0.2, 0.25) is 0 Å². The van der Waals surface area contributed by atoms with Crippen molar-refractivity contribution >= 4 is 33.9 Å². The van der Waals surface area contributed by atoms with Crippen molar-refractivity contribution in [3.63, 3.8) is 0 Å². The van der Waals surface area contributed by atoms with Gasteiger partial charge in [-0.2, -0.15) is 13.2 Å². The van der Waals surface area contributed by atoms with Crippen LogP contribution in [-0.4, -0.2) is 33.5 Å². The van der Waals surface area contributed by atoms with Crippen LogP contribution >= 0.6 is 28.7 Å². The van der Waals surface area contributed by atoms with Crippen LogP contribution < -0.4 is 0 Å². The third kappa shape index (κ3) is 3.82. The lowest BCUT2D eigenvalue weighted by molar-refractivity contribution is -0.138. The minimum atomic E-state index is -4.44. The Morgan fingerprint density at radius 2 is 1.89 bits per heavy atom. The van der Waals surface area contributed by atoms with Crippen LogP contribution in [0.3, 0.4) is 0 Å². The number of aliphatic imine (C=N–C) groups is 1. The van der Waals surface area contributed by atoms with E-state index in [-0.39, 0.29) is 27.8 Å². The zero-order chi connectivity index (χ0) is 19.1. The molecule has 4 rings (SSSR count). The number of rotatable bonds is 4. The van der Waals surface area contributed by atoms with Crippen molar-refractivity contribution in [2.45, 2.75) is 30.0 Å². The van der Waals surface area contributed by atoms with Gasteiger partial charge in [-0.05, 0) is 30.5 Å². The predicted octanol–water partition coefficient (Wildman–Crippen LogP) is 4.85. The summed E-state index contributed by atoms with van der Waals surface area (Å²) in [6.07, 6.45) is -3.07. The van der Waals surface area contributed by atoms with E-state index in [2.05, 4.69) is 4.99 Å². The van der Waals surface area contributed by atoms with E-state index in [4.69, 9.17) is 0 Å². The van der Waals surface area contributed by atoms with Gasteiger partial charge >= 0.3 is 6.18 Å². The highest BCUT2D eigenvalue weighted by Crippen LogP contribution is 2.48. The first-order chi connectivity index (χ1) is 12.9. The van der Waals surface area contributed by atoms with Crippen LogP contribution in [0.5, 0.6) is 0 Å². The average Bonchev–Trinajstić information content (AvgIpc) is 3.23.